The molecule has 2 heterocycles. The Bertz CT molecular complexity index is 772. The van der Waals surface area contributed by atoms with E-state index in [1.807, 2.05) is 19.9 Å². The number of aromatic nitrogens is 1. The van der Waals surface area contributed by atoms with Crippen LogP contribution in [0.4, 0.5) is 15.9 Å². The first-order chi connectivity index (χ1) is 13.4. The number of hydrogen-bond donors (Lipinski definition) is 1. The van der Waals surface area contributed by atoms with Gasteiger partial charge in [-0.05, 0) is 75.1 Å². The summed E-state index contributed by atoms with van der Waals surface area (Å²) < 4.78 is 16.3. The van der Waals surface area contributed by atoms with Crippen LogP contribution in [0, 0.1) is 18.8 Å². The molecule has 0 radical (unpaired) electrons. The van der Waals surface area contributed by atoms with Crippen molar-refractivity contribution in [3.63, 3.8) is 0 Å². The lowest BCUT2D eigenvalue weighted by Gasteiger charge is -2.22. The molecule has 28 heavy (non-hydrogen) atoms. The van der Waals surface area contributed by atoms with Gasteiger partial charge in [0.15, 0.2) is 0 Å². The SMILES string of the molecule is CC.Cc1cc(N2CC[C@@H](CN(C)C)C2)c(Cl)cc1SNc1cccc(F)n1. The fraction of sp³-hybridized carbons (Fsp3) is 0.476. The molecule has 1 saturated heterocycles. The van der Waals surface area contributed by atoms with Gasteiger partial charge in [-0.3, -0.25) is 0 Å². The lowest BCUT2D eigenvalue weighted by atomic mass is 10.1. The maximum atomic E-state index is 13.2. The maximum absolute atomic E-state index is 13.2. The highest BCUT2D eigenvalue weighted by molar-refractivity contribution is 8.00. The van der Waals surface area contributed by atoms with Crippen molar-refractivity contribution in [2.24, 2.45) is 5.92 Å². The highest BCUT2D eigenvalue weighted by Crippen LogP contribution is 2.36. The minimum atomic E-state index is -0.498. The predicted molar refractivity (Wildman–Crippen MR) is 120 cm³/mol. The monoisotopic (exact) mass is 424 g/mol. The summed E-state index contributed by atoms with van der Waals surface area (Å²) in [6.07, 6.45) is 1.19. The molecule has 0 spiro atoms. The van der Waals surface area contributed by atoms with Crippen LogP contribution < -0.4 is 9.62 Å². The number of rotatable bonds is 6. The molecular weight excluding hydrogens is 395 g/mol. The molecule has 1 aromatic carbocycles. The van der Waals surface area contributed by atoms with E-state index in [0.717, 1.165) is 40.8 Å². The van der Waals surface area contributed by atoms with Crippen LogP contribution in [0.2, 0.25) is 5.02 Å². The van der Waals surface area contributed by atoms with Crippen molar-refractivity contribution in [2.75, 3.05) is 43.4 Å². The van der Waals surface area contributed by atoms with Gasteiger partial charge in [-0.25, -0.2) is 4.98 Å². The van der Waals surface area contributed by atoms with Crippen LogP contribution in [0.15, 0.2) is 35.2 Å². The van der Waals surface area contributed by atoms with E-state index in [1.165, 1.54) is 24.4 Å². The number of anilines is 2. The van der Waals surface area contributed by atoms with Crippen LogP contribution >= 0.6 is 23.5 Å². The van der Waals surface area contributed by atoms with Gasteiger partial charge in [0, 0.05) is 24.5 Å². The Balaban J connectivity index is 0.00000136. The normalized spacial score (nSPS) is 16.1. The van der Waals surface area contributed by atoms with Crippen molar-refractivity contribution in [2.45, 2.75) is 32.1 Å². The standard InChI is InChI=1S/C19H24ClFN4S.C2H6/c1-13-9-16(25-8-7-14(12-25)11-24(2)3)15(20)10-17(13)26-23-19-6-4-5-18(21)22-19;1-2/h4-6,9-10,14H,7-8,11-12H2,1-3H3,(H,22,23);1-2H3/t14-;/m0./s1. The van der Waals surface area contributed by atoms with Crippen molar-refractivity contribution in [3.05, 3.63) is 46.9 Å². The second kappa shape index (κ2) is 10.9. The van der Waals surface area contributed by atoms with Gasteiger partial charge in [0.1, 0.15) is 5.82 Å². The second-order valence-corrected chi connectivity index (χ2v) is 8.24. The Morgan fingerprint density at radius 2 is 2.07 bits per heavy atom. The fourth-order valence-corrected chi connectivity index (χ4v) is 4.36. The number of pyridine rings is 1. The van der Waals surface area contributed by atoms with Crippen molar-refractivity contribution in [1.29, 1.82) is 0 Å². The molecule has 4 nitrogen and oxygen atoms in total. The lowest BCUT2D eigenvalue weighted by molar-refractivity contribution is 0.340. The van der Waals surface area contributed by atoms with Crippen molar-refractivity contribution in [3.8, 4) is 0 Å². The first-order valence-corrected chi connectivity index (χ1v) is 10.9. The molecule has 0 unspecified atom stereocenters. The summed E-state index contributed by atoms with van der Waals surface area (Å²) in [7, 11) is 4.23. The van der Waals surface area contributed by atoms with Crippen LogP contribution in [-0.4, -0.2) is 43.6 Å². The molecule has 1 N–H and O–H groups in total. The van der Waals surface area contributed by atoms with E-state index in [1.54, 1.807) is 12.1 Å². The summed E-state index contributed by atoms with van der Waals surface area (Å²) in [4.78, 5) is 9.43. The highest BCUT2D eigenvalue weighted by Gasteiger charge is 2.25. The van der Waals surface area contributed by atoms with Gasteiger partial charge >= 0.3 is 0 Å². The van der Waals surface area contributed by atoms with E-state index in [2.05, 4.69) is 46.6 Å². The zero-order valence-electron chi connectivity index (χ0n) is 17.3. The number of aryl methyl sites for hydroxylation is 1. The molecule has 2 aromatic rings. The molecule has 0 aliphatic carbocycles. The van der Waals surface area contributed by atoms with E-state index in [9.17, 15) is 4.39 Å². The molecule has 0 saturated carbocycles. The first-order valence-electron chi connectivity index (χ1n) is 9.67. The minimum absolute atomic E-state index is 0.487. The molecule has 1 atom stereocenters. The summed E-state index contributed by atoms with van der Waals surface area (Å²) in [6, 6.07) is 8.81. The smallest absolute Gasteiger partial charge is 0.214 e. The fourth-order valence-electron chi connectivity index (χ4n) is 3.29. The molecule has 3 rings (SSSR count). The van der Waals surface area contributed by atoms with E-state index >= 15 is 0 Å². The van der Waals surface area contributed by atoms with Gasteiger partial charge in [0.25, 0.3) is 0 Å². The third-order valence-electron chi connectivity index (χ3n) is 4.47. The van der Waals surface area contributed by atoms with Crippen LogP contribution in [0.1, 0.15) is 25.8 Å². The topological polar surface area (TPSA) is 31.4 Å². The van der Waals surface area contributed by atoms with Gasteiger partial charge in [-0.1, -0.05) is 31.5 Å². The number of nitrogens with zero attached hydrogens (tertiary/aromatic N) is 3. The molecule has 7 heteroatoms. The Morgan fingerprint density at radius 1 is 1.32 bits per heavy atom. The zero-order valence-corrected chi connectivity index (χ0v) is 18.9. The Hall–Kier alpha value is -1.50. The molecular formula is C21H30ClFN4S. The Labute approximate surface area is 177 Å². The van der Waals surface area contributed by atoms with Gasteiger partial charge < -0.3 is 14.5 Å². The Kier molecular flexibility index (Phi) is 8.86. The molecule has 154 valence electrons. The van der Waals surface area contributed by atoms with Gasteiger partial charge in [0.2, 0.25) is 5.95 Å². The minimum Gasteiger partial charge on any atom is -0.370 e. The molecule has 1 aliphatic heterocycles. The maximum Gasteiger partial charge on any atom is 0.214 e. The lowest BCUT2D eigenvalue weighted by Crippen LogP contribution is -2.25. The third-order valence-corrected chi connectivity index (χ3v) is 5.75. The summed E-state index contributed by atoms with van der Waals surface area (Å²) in [5.41, 5.74) is 2.23. The van der Waals surface area contributed by atoms with Crippen molar-refractivity contribution >= 4 is 35.1 Å². The summed E-state index contributed by atoms with van der Waals surface area (Å²) >= 11 is 7.97. The number of hydrogen-bond acceptors (Lipinski definition) is 5. The number of nitrogens with one attached hydrogen (secondary N) is 1. The summed E-state index contributed by atoms with van der Waals surface area (Å²) in [5.74, 6) is 0.666. The molecule has 0 amide bonds. The molecule has 1 fully saturated rings. The summed E-state index contributed by atoms with van der Waals surface area (Å²) in [6.45, 7) is 9.24. The second-order valence-electron chi connectivity index (χ2n) is 6.98. The molecule has 0 bridgehead atoms. The van der Waals surface area contributed by atoms with E-state index < -0.39 is 5.95 Å². The number of halogens is 2. The zero-order chi connectivity index (χ0) is 20.7. The average molecular weight is 425 g/mol. The molecule has 1 aromatic heterocycles. The summed E-state index contributed by atoms with van der Waals surface area (Å²) in [5, 5.41) is 0.748. The third kappa shape index (κ3) is 6.26. The first kappa shape index (κ1) is 22.8. The van der Waals surface area contributed by atoms with Crippen molar-refractivity contribution < 1.29 is 4.39 Å². The molecule has 1 aliphatic rings. The van der Waals surface area contributed by atoms with Crippen LogP contribution in [0.5, 0.6) is 0 Å². The average Bonchev–Trinajstić information content (AvgIpc) is 3.11. The van der Waals surface area contributed by atoms with E-state index in [-0.39, 0.29) is 0 Å². The van der Waals surface area contributed by atoms with Gasteiger partial charge in [-0.15, -0.1) is 0 Å². The predicted octanol–water partition coefficient (Wildman–Crippen LogP) is 5.72. The Morgan fingerprint density at radius 3 is 2.75 bits per heavy atom. The van der Waals surface area contributed by atoms with Gasteiger partial charge in [-0.2, -0.15) is 4.39 Å². The van der Waals surface area contributed by atoms with E-state index in [0.29, 0.717) is 11.7 Å². The highest BCUT2D eigenvalue weighted by atomic mass is 35.5. The van der Waals surface area contributed by atoms with Gasteiger partial charge in [0.05, 0.1) is 10.7 Å². The quantitative estimate of drug-likeness (QED) is 0.473. The van der Waals surface area contributed by atoms with Crippen LogP contribution in [-0.2, 0) is 0 Å². The largest absolute Gasteiger partial charge is 0.370 e. The van der Waals surface area contributed by atoms with Crippen molar-refractivity contribution in [1.82, 2.24) is 9.88 Å². The number of benzene rings is 1. The van der Waals surface area contributed by atoms with Crippen LogP contribution in [0.3, 0.4) is 0 Å². The van der Waals surface area contributed by atoms with Crippen LogP contribution in [0.25, 0.3) is 0 Å². The van der Waals surface area contributed by atoms with E-state index in [4.69, 9.17) is 11.6 Å².